The largest absolute Gasteiger partial charge is 0.476 e. The van der Waals surface area contributed by atoms with Crippen LogP contribution in [0.2, 0.25) is 0 Å². The minimum absolute atomic E-state index is 0.240. The second-order valence-corrected chi connectivity index (χ2v) is 5.04. The molecule has 0 saturated carbocycles. The lowest BCUT2D eigenvalue weighted by molar-refractivity contribution is 0.261. The number of rotatable bonds is 6. The van der Waals surface area contributed by atoms with Gasteiger partial charge in [0.25, 0.3) is 0 Å². The van der Waals surface area contributed by atoms with Crippen molar-refractivity contribution in [1.29, 1.82) is 0 Å². The zero-order valence-corrected chi connectivity index (χ0v) is 11.9. The Kier molecular flexibility index (Phi) is 5.19. The van der Waals surface area contributed by atoms with Crippen LogP contribution in [0.25, 0.3) is 0 Å². The van der Waals surface area contributed by atoms with E-state index in [0.717, 1.165) is 12.4 Å². The fourth-order valence-corrected chi connectivity index (χ4v) is 1.38. The monoisotopic (exact) mass is 252 g/mol. The van der Waals surface area contributed by atoms with Crippen LogP contribution in [0.15, 0.2) is 0 Å². The quantitative estimate of drug-likeness (QED) is 0.814. The second-order valence-electron chi connectivity index (χ2n) is 5.04. The first-order chi connectivity index (χ1) is 8.45. The number of hydrogen-bond donors (Lipinski definition) is 2. The van der Waals surface area contributed by atoms with Crippen LogP contribution >= 0.6 is 0 Å². The molecule has 5 nitrogen and oxygen atoms in total. The molecule has 1 aromatic rings. The summed E-state index contributed by atoms with van der Waals surface area (Å²) in [6.07, 6.45) is 0. The normalized spacial score (nSPS) is 11.1. The summed E-state index contributed by atoms with van der Waals surface area (Å²) in [6, 6.07) is 0. The molecular formula is C13H24N4O. The van der Waals surface area contributed by atoms with E-state index >= 15 is 0 Å². The second kappa shape index (κ2) is 6.42. The van der Waals surface area contributed by atoms with Gasteiger partial charge in [-0.25, -0.2) is 4.98 Å². The van der Waals surface area contributed by atoms with Crippen molar-refractivity contribution in [2.24, 2.45) is 5.92 Å². The van der Waals surface area contributed by atoms with Crippen LogP contribution < -0.4 is 15.8 Å². The van der Waals surface area contributed by atoms with E-state index in [9.17, 15) is 0 Å². The van der Waals surface area contributed by atoms with E-state index in [1.54, 1.807) is 0 Å². The average Bonchev–Trinajstić information content (AvgIpc) is 2.29. The highest BCUT2D eigenvalue weighted by Crippen LogP contribution is 2.28. The summed E-state index contributed by atoms with van der Waals surface area (Å²) in [7, 11) is 0. The number of ether oxygens (including phenoxy) is 1. The lowest BCUT2D eigenvalue weighted by Crippen LogP contribution is -2.13. The number of hydrogen-bond acceptors (Lipinski definition) is 5. The molecule has 1 aromatic heterocycles. The van der Waals surface area contributed by atoms with Gasteiger partial charge in [-0.2, -0.15) is 4.98 Å². The minimum Gasteiger partial charge on any atom is -0.476 e. The third kappa shape index (κ3) is 3.75. The van der Waals surface area contributed by atoms with Gasteiger partial charge in [0.2, 0.25) is 5.88 Å². The SMILES string of the molecule is CCNc1nc(C(C)C)nc(OCC(C)C)c1N. The summed E-state index contributed by atoms with van der Waals surface area (Å²) in [4.78, 5) is 8.81. The van der Waals surface area contributed by atoms with E-state index in [-0.39, 0.29) is 5.92 Å². The Morgan fingerprint density at radius 3 is 2.39 bits per heavy atom. The van der Waals surface area contributed by atoms with E-state index in [1.165, 1.54) is 0 Å². The number of nitrogens with zero attached hydrogens (tertiary/aromatic N) is 2. The zero-order valence-electron chi connectivity index (χ0n) is 11.9. The maximum atomic E-state index is 6.01. The molecule has 0 aliphatic heterocycles. The molecule has 0 aliphatic carbocycles. The Labute approximate surface area is 109 Å². The molecule has 1 rings (SSSR count). The summed E-state index contributed by atoms with van der Waals surface area (Å²) in [5.41, 5.74) is 6.50. The lowest BCUT2D eigenvalue weighted by Gasteiger charge is -2.15. The molecule has 0 aromatic carbocycles. The van der Waals surface area contributed by atoms with Gasteiger partial charge in [0.05, 0.1) is 6.61 Å². The van der Waals surface area contributed by atoms with Crippen LogP contribution in [0.1, 0.15) is 46.4 Å². The molecule has 102 valence electrons. The lowest BCUT2D eigenvalue weighted by atomic mass is 10.2. The fraction of sp³-hybridized carbons (Fsp3) is 0.692. The number of nitrogen functional groups attached to an aromatic ring is 1. The van der Waals surface area contributed by atoms with Gasteiger partial charge in [-0.15, -0.1) is 0 Å². The highest BCUT2D eigenvalue weighted by Gasteiger charge is 2.14. The van der Waals surface area contributed by atoms with Gasteiger partial charge in [0.15, 0.2) is 5.82 Å². The average molecular weight is 252 g/mol. The molecular weight excluding hydrogens is 228 g/mol. The fourth-order valence-electron chi connectivity index (χ4n) is 1.38. The maximum Gasteiger partial charge on any atom is 0.242 e. The summed E-state index contributed by atoms with van der Waals surface area (Å²) in [5.74, 6) is 2.57. The van der Waals surface area contributed by atoms with Crippen LogP contribution in [-0.2, 0) is 0 Å². The third-order valence-corrected chi connectivity index (χ3v) is 2.34. The van der Waals surface area contributed by atoms with Gasteiger partial charge in [0.1, 0.15) is 11.5 Å². The summed E-state index contributed by atoms with van der Waals surface area (Å²) >= 11 is 0. The Balaban J connectivity index is 3.05. The third-order valence-electron chi connectivity index (χ3n) is 2.34. The van der Waals surface area contributed by atoms with Gasteiger partial charge in [-0.3, -0.25) is 0 Å². The van der Waals surface area contributed by atoms with Crippen molar-refractivity contribution in [3.8, 4) is 5.88 Å². The maximum absolute atomic E-state index is 6.01. The first-order valence-corrected chi connectivity index (χ1v) is 6.49. The molecule has 0 unspecified atom stereocenters. The van der Waals surface area contributed by atoms with E-state index in [2.05, 4.69) is 29.1 Å². The number of anilines is 2. The van der Waals surface area contributed by atoms with Crippen molar-refractivity contribution in [2.45, 2.75) is 40.5 Å². The number of aromatic nitrogens is 2. The summed E-state index contributed by atoms with van der Waals surface area (Å²) < 4.78 is 5.66. The van der Waals surface area contributed by atoms with E-state index < -0.39 is 0 Å². The predicted octanol–water partition coefficient (Wildman–Crippen LogP) is 2.65. The van der Waals surface area contributed by atoms with Crippen LogP contribution in [0.4, 0.5) is 11.5 Å². The Morgan fingerprint density at radius 1 is 1.22 bits per heavy atom. The van der Waals surface area contributed by atoms with Gasteiger partial charge in [-0.1, -0.05) is 27.7 Å². The molecule has 5 heteroatoms. The highest BCUT2D eigenvalue weighted by atomic mass is 16.5. The van der Waals surface area contributed by atoms with Crippen molar-refractivity contribution in [2.75, 3.05) is 24.2 Å². The van der Waals surface area contributed by atoms with Crippen LogP contribution in [0.5, 0.6) is 5.88 Å². The van der Waals surface area contributed by atoms with Gasteiger partial charge < -0.3 is 15.8 Å². The summed E-state index contributed by atoms with van der Waals surface area (Å²) in [5, 5.41) is 3.14. The van der Waals surface area contributed by atoms with E-state index in [0.29, 0.717) is 29.9 Å². The van der Waals surface area contributed by atoms with Crippen molar-refractivity contribution >= 4 is 11.5 Å². The van der Waals surface area contributed by atoms with Crippen LogP contribution in [-0.4, -0.2) is 23.1 Å². The minimum atomic E-state index is 0.240. The highest BCUT2D eigenvalue weighted by molar-refractivity contribution is 5.67. The Bertz CT molecular complexity index is 391. The molecule has 0 fully saturated rings. The molecule has 0 spiro atoms. The van der Waals surface area contributed by atoms with Gasteiger partial charge in [0, 0.05) is 12.5 Å². The standard InChI is InChI=1S/C13H24N4O/c1-6-15-12-10(14)13(18-7-8(2)3)17-11(16-12)9(4)5/h8-9H,6-7,14H2,1-5H3,(H,15,16,17). The molecule has 1 heterocycles. The van der Waals surface area contributed by atoms with Crippen molar-refractivity contribution < 1.29 is 4.74 Å². The topological polar surface area (TPSA) is 73.1 Å². The smallest absolute Gasteiger partial charge is 0.242 e. The molecule has 0 aliphatic rings. The van der Waals surface area contributed by atoms with Crippen LogP contribution in [0.3, 0.4) is 0 Å². The van der Waals surface area contributed by atoms with Crippen molar-refractivity contribution in [3.05, 3.63) is 5.82 Å². The molecule has 0 saturated heterocycles. The molecule has 0 radical (unpaired) electrons. The number of nitrogens with two attached hydrogens (primary N) is 1. The Morgan fingerprint density at radius 2 is 1.89 bits per heavy atom. The zero-order chi connectivity index (χ0) is 13.7. The Hall–Kier alpha value is -1.52. The molecule has 0 amide bonds. The van der Waals surface area contributed by atoms with Crippen LogP contribution in [0, 0.1) is 5.92 Å². The molecule has 0 bridgehead atoms. The van der Waals surface area contributed by atoms with E-state index in [1.807, 2.05) is 20.8 Å². The van der Waals surface area contributed by atoms with Gasteiger partial charge in [-0.05, 0) is 12.8 Å². The first kappa shape index (κ1) is 14.5. The van der Waals surface area contributed by atoms with Crippen molar-refractivity contribution in [3.63, 3.8) is 0 Å². The van der Waals surface area contributed by atoms with E-state index in [4.69, 9.17) is 10.5 Å². The predicted molar refractivity (Wildman–Crippen MR) is 75.0 cm³/mol. The molecule has 18 heavy (non-hydrogen) atoms. The first-order valence-electron chi connectivity index (χ1n) is 6.49. The number of nitrogens with one attached hydrogen (secondary N) is 1. The molecule has 3 N–H and O–H groups in total. The molecule has 0 atom stereocenters. The van der Waals surface area contributed by atoms with Crippen molar-refractivity contribution in [1.82, 2.24) is 9.97 Å². The van der Waals surface area contributed by atoms with Gasteiger partial charge >= 0.3 is 0 Å². The summed E-state index contributed by atoms with van der Waals surface area (Å²) in [6.45, 7) is 11.6.